The van der Waals surface area contributed by atoms with Crippen molar-refractivity contribution in [2.45, 2.75) is 31.8 Å². The topological polar surface area (TPSA) is 103 Å². The van der Waals surface area contributed by atoms with Gasteiger partial charge in [0.15, 0.2) is 5.79 Å². The van der Waals surface area contributed by atoms with Crippen LogP contribution in [0.25, 0.3) is 0 Å². The number of hydrogen-bond acceptors (Lipinski definition) is 5. The third-order valence-electron chi connectivity index (χ3n) is 4.18. The van der Waals surface area contributed by atoms with E-state index in [1.54, 1.807) is 6.07 Å². The number of para-hydroxylation sites is 2. The molecule has 1 aliphatic heterocycles. The van der Waals surface area contributed by atoms with Crippen LogP contribution in [0.1, 0.15) is 25.5 Å². The summed E-state index contributed by atoms with van der Waals surface area (Å²) in [5.74, 6) is -0.784. The molecule has 27 heavy (non-hydrogen) atoms. The Morgan fingerprint density at radius 1 is 1.15 bits per heavy atom. The molecule has 2 unspecified atom stereocenters. The third kappa shape index (κ3) is 4.60. The molecule has 2 N–H and O–H groups in total. The van der Waals surface area contributed by atoms with Crippen LogP contribution in [0.3, 0.4) is 0 Å². The maximum absolute atomic E-state index is 12.4. The van der Waals surface area contributed by atoms with Gasteiger partial charge in [-0.15, -0.1) is 0 Å². The average Bonchev–Trinajstić information content (AvgIpc) is 2.64. The van der Waals surface area contributed by atoms with Crippen LogP contribution in [0, 0.1) is 10.1 Å². The van der Waals surface area contributed by atoms with Gasteiger partial charge in [-0.25, -0.2) is 4.79 Å². The van der Waals surface area contributed by atoms with Crippen molar-refractivity contribution in [1.82, 2.24) is 5.32 Å². The highest BCUT2D eigenvalue weighted by atomic mass is 16.7. The Bertz CT molecular complexity index is 825. The molecule has 1 heterocycles. The standard InChI is InChI=1S/C19H21N3O5/c1-19(2)26-12-15(17(27-19)13-8-4-3-5-9-13)21-18(23)20-14-10-6-7-11-16(14)22(24)25/h3-11,15,17H,12H2,1-2H3,(H2,20,21,23). The van der Waals surface area contributed by atoms with E-state index in [1.165, 1.54) is 18.2 Å². The Morgan fingerprint density at radius 2 is 1.81 bits per heavy atom. The molecule has 0 radical (unpaired) electrons. The molecule has 2 atom stereocenters. The summed E-state index contributed by atoms with van der Waals surface area (Å²) in [5, 5.41) is 16.4. The minimum atomic E-state index is -0.784. The van der Waals surface area contributed by atoms with Crippen molar-refractivity contribution in [3.63, 3.8) is 0 Å². The highest BCUT2D eigenvalue weighted by Crippen LogP contribution is 2.33. The van der Waals surface area contributed by atoms with Gasteiger partial charge in [0.05, 0.1) is 17.6 Å². The lowest BCUT2D eigenvalue weighted by atomic mass is 10.0. The summed E-state index contributed by atoms with van der Waals surface area (Å²) in [4.78, 5) is 23.0. The van der Waals surface area contributed by atoms with Gasteiger partial charge in [0, 0.05) is 6.07 Å². The SMILES string of the molecule is CC1(C)OCC(NC(=O)Nc2ccccc2[N+](=O)[O-])C(c2ccccc2)O1. The van der Waals surface area contributed by atoms with Crippen molar-refractivity contribution in [1.29, 1.82) is 0 Å². The zero-order chi connectivity index (χ0) is 19.4. The Hall–Kier alpha value is -2.97. The van der Waals surface area contributed by atoms with Crippen LogP contribution in [-0.2, 0) is 9.47 Å². The number of benzene rings is 2. The number of carbonyl (C=O) groups excluding carboxylic acids is 1. The van der Waals surface area contributed by atoms with Gasteiger partial charge in [0.2, 0.25) is 0 Å². The minimum Gasteiger partial charge on any atom is -0.348 e. The predicted molar refractivity (Wildman–Crippen MR) is 99.3 cm³/mol. The molecule has 2 aromatic rings. The summed E-state index contributed by atoms with van der Waals surface area (Å²) in [5.41, 5.74) is 0.851. The molecular formula is C19H21N3O5. The molecule has 2 aromatic carbocycles. The highest BCUT2D eigenvalue weighted by molar-refractivity contribution is 5.92. The molecule has 0 spiro atoms. The van der Waals surface area contributed by atoms with Gasteiger partial charge >= 0.3 is 6.03 Å². The molecule has 0 bridgehead atoms. The molecule has 0 aliphatic carbocycles. The zero-order valence-corrected chi connectivity index (χ0v) is 15.0. The lowest BCUT2D eigenvalue weighted by Crippen LogP contribution is -2.52. The average molecular weight is 371 g/mol. The molecule has 2 amide bonds. The Balaban J connectivity index is 1.75. The molecule has 1 aliphatic rings. The number of ether oxygens (including phenoxy) is 2. The molecule has 142 valence electrons. The van der Waals surface area contributed by atoms with Gasteiger partial charge in [0.25, 0.3) is 5.69 Å². The number of amides is 2. The molecule has 8 heteroatoms. The summed E-state index contributed by atoms with van der Waals surface area (Å²) in [6.07, 6.45) is -0.411. The van der Waals surface area contributed by atoms with Crippen molar-refractivity contribution >= 4 is 17.4 Å². The van der Waals surface area contributed by atoms with E-state index in [2.05, 4.69) is 10.6 Å². The monoisotopic (exact) mass is 371 g/mol. The third-order valence-corrected chi connectivity index (χ3v) is 4.18. The first-order valence-corrected chi connectivity index (χ1v) is 8.53. The quantitative estimate of drug-likeness (QED) is 0.631. The minimum absolute atomic E-state index is 0.120. The number of nitro benzene ring substituents is 1. The fourth-order valence-electron chi connectivity index (χ4n) is 2.93. The van der Waals surface area contributed by atoms with Crippen molar-refractivity contribution in [2.75, 3.05) is 11.9 Å². The number of hydrogen-bond donors (Lipinski definition) is 2. The first-order valence-electron chi connectivity index (χ1n) is 8.53. The fourth-order valence-corrected chi connectivity index (χ4v) is 2.93. The van der Waals surface area contributed by atoms with Crippen molar-refractivity contribution in [2.24, 2.45) is 0 Å². The summed E-state index contributed by atoms with van der Waals surface area (Å²) in [6, 6.07) is 14.5. The van der Waals surface area contributed by atoms with E-state index >= 15 is 0 Å². The molecule has 1 saturated heterocycles. The summed E-state index contributed by atoms with van der Waals surface area (Å²) in [7, 11) is 0. The van der Waals surface area contributed by atoms with Crippen LogP contribution in [0.15, 0.2) is 54.6 Å². The molecule has 1 fully saturated rings. The van der Waals surface area contributed by atoms with Crippen molar-refractivity contribution < 1.29 is 19.2 Å². The van der Waals surface area contributed by atoms with Crippen LogP contribution in [0.4, 0.5) is 16.2 Å². The number of carbonyl (C=O) groups is 1. The molecule has 8 nitrogen and oxygen atoms in total. The van der Waals surface area contributed by atoms with Crippen LogP contribution < -0.4 is 10.6 Å². The summed E-state index contributed by atoms with van der Waals surface area (Å²) >= 11 is 0. The van der Waals surface area contributed by atoms with Crippen LogP contribution in [0.5, 0.6) is 0 Å². The molecule has 3 rings (SSSR count). The number of nitrogens with zero attached hydrogens (tertiary/aromatic N) is 1. The van der Waals surface area contributed by atoms with E-state index in [-0.39, 0.29) is 18.0 Å². The fraction of sp³-hybridized carbons (Fsp3) is 0.316. The van der Waals surface area contributed by atoms with Gasteiger partial charge in [-0.05, 0) is 25.5 Å². The second-order valence-corrected chi connectivity index (χ2v) is 6.64. The van der Waals surface area contributed by atoms with E-state index in [4.69, 9.17) is 9.47 Å². The summed E-state index contributed by atoms with van der Waals surface area (Å²) in [6.45, 7) is 3.87. The van der Waals surface area contributed by atoms with Gasteiger partial charge in [-0.2, -0.15) is 0 Å². The molecular weight excluding hydrogens is 350 g/mol. The van der Waals surface area contributed by atoms with Crippen molar-refractivity contribution in [3.05, 3.63) is 70.3 Å². The largest absolute Gasteiger partial charge is 0.348 e. The Kier molecular flexibility index (Phi) is 5.38. The lowest BCUT2D eigenvalue weighted by Gasteiger charge is -2.41. The normalized spacial score (nSPS) is 21.3. The maximum Gasteiger partial charge on any atom is 0.319 e. The number of anilines is 1. The van der Waals surface area contributed by atoms with E-state index in [0.29, 0.717) is 0 Å². The van der Waals surface area contributed by atoms with E-state index in [0.717, 1.165) is 5.56 Å². The molecule has 0 saturated carbocycles. The lowest BCUT2D eigenvalue weighted by molar-refractivity contribution is -0.383. The van der Waals surface area contributed by atoms with E-state index in [1.807, 2.05) is 44.2 Å². The maximum atomic E-state index is 12.4. The number of nitro groups is 1. The first-order chi connectivity index (χ1) is 12.9. The van der Waals surface area contributed by atoms with Gasteiger partial charge in [0.1, 0.15) is 11.8 Å². The Morgan fingerprint density at radius 3 is 2.52 bits per heavy atom. The van der Waals surface area contributed by atoms with Crippen molar-refractivity contribution in [3.8, 4) is 0 Å². The van der Waals surface area contributed by atoms with Crippen LogP contribution in [-0.4, -0.2) is 29.4 Å². The molecule has 0 aromatic heterocycles. The van der Waals surface area contributed by atoms with Crippen LogP contribution in [0.2, 0.25) is 0 Å². The first kappa shape index (κ1) is 18.8. The number of urea groups is 1. The van der Waals surface area contributed by atoms with Gasteiger partial charge < -0.3 is 20.1 Å². The van der Waals surface area contributed by atoms with E-state index in [9.17, 15) is 14.9 Å². The van der Waals surface area contributed by atoms with E-state index < -0.39 is 28.9 Å². The smallest absolute Gasteiger partial charge is 0.319 e. The second-order valence-electron chi connectivity index (χ2n) is 6.64. The number of rotatable bonds is 4. The predicted octanol–water partition coefficient (Wildman–Crippen LogP) is 3.61. The van der Waals surface area contributed by atoms with Gasteiger partial charge in [-0.1, -0.05) is 42.5 Å². The highest BCUT2D eigenvalue weighted by Gasteiger charge is 2.38. The second kappa shape index (κ2) is 7.73. The Labute approximate surface area is 156 Å². The summed E-state index contributed by atoms with van der Waals surface area (Å²) < 4.78 is 11.7. The van der Waals surface area contributed by atoms with Gasteiger partial charge in [-0.3, -0.25) is 10.1 Å². The van der Waals surface area contributed by atoms with Crippen LogP contribution >= 0.6 is 0 Å². The number of nitrogens with one attached hydrogen (secondary N) is 2. The zero-order valence-electron chi connectivity index (χ0n) is 15.0.